The van der Waals surface area contributed by atoms with E-state index < -0.39 is 36.6 Å². The zero-order valence-corrected chi connectivity index (χ0v) is 8.35. The molecule has 0 bridgehead atoms. The molecule has 0 aliphatic rings. The van der Waals surface area contributed by atoms with Crippen LogP contribution in [-0.4, -0.2) is 24.6 Å². The Bertz CT molecular complexity index is 376. The van der Waals surface area contributed by atoms with Crippen LogP contribution in [0.4, 0.5) is 52.7 Å². The van der Waals surface area contributed by atoms with E-state index in [4.69, 9.17) is 0 Å². The predicted octanol–water partition coefficient (Wildman–Crippen LogP) is 4.40. The molecule has 0 radical (unpaired) electrons. The lowest BCUT2D eigenvalue weighted by Crippen LogP contribution is -2.53. The summed E-state index contributed by atoms with van der Waals surface area (Å²) >= 11 is 0. The first kappa shape index (κ1) is 18.5. The fraction of sp³-hybridized carbons (Fsp3) is 0.667. The summed E-state index contributed by atoms with van der Waals surface area (Å²) < 4.78 is 145. The van der Waals surface area contributed by atoms with Crippen molar-refractivity contribution in [1.29, 1.82) is 0 Å². The molecule has 0 fully saturated rings. The highest BCUT2D eigenvalue weighted by molar-refractivity contribution is 4.91. The van der Waals surface area contributed by atoms with Gasteiger partial charge in [-0.1, -0.05) is 0 Å². The molecule has 0 atom stereocenters. The van der Waals surface area contributed by atoms with Gasteiger partial charge >= 0.3 is 36.6 Å². The van der Waals surface area contributed by atoms with Crippen molar-refractivity contribution < 1.29 is 62.2 Å². The topological polar surface area (TPSA) is 18.5 Å². The van der Waals surface area contributed by atoms with E-state index >= 15 is 0 Å². The van der Waals surface area contributed by atoms with Gasteiger partial charge in [0.25, 0.3) is 0 Å². The lowest BCUT2D eigenvalue weighted by atomic mass is 10.3. The smallest absolute Gasteiger partial charge is 0.397 e. The van der Waals surface area contributed by atoms with E-state index in [0.29, 0.717) is 0 Å². The normalized spacial score (nSPS) is 15.8. The van der Waals surface area contributed by atoms with Crippen molar-refractivity contribution >= 4 is 0 Å². The number of hydrogen-bond donors (Lipinski definition) is 0. The van der Waals surface area contributed by atoms with E-state index in [9.17, 15) is 52.7 Å². The molecule has 2 nitrogen and oxygen atoms in total. The molecule has 14 heteroatoms. The molecule has 0 aliphatic heterocycles. The van der Waals surface area contributed by atoms with Gasteiger partial charge in [0.05, 0.1) is 0 Å². The Hall–Kier alpha value is -1.50. The fourth-order valence-electron chi connectivity index (χ4n) is 0.523. The van der Waals surface area contributed by atoms with Gasteiger partial charge in [0, 0.05) is 0 Å². The van der Waals surface area contributed by atoms with E-state index in [2.05, 4.69) is 0 Å². The van der Waals surface area contributed by atoms with Gasteiger partial charge in [-0.25, -0.2) is 0 Å². The summed E-state index contributed by atoms with van der Waals surface area (Å²) in [7, 11) is 0. The minimum absolute atomic E-state index is 1.95. The quantitative estimate of drug-likeness (QED) is 0.561. The van der Waals surface area contributed by atoms with E-state index in [0.717, 1.165) is 0 Å². The molecule has 0 heterocycles. The molecule has 0 aromatic rings. The van der Waals surface area contributed by atoms with Crippen LogP contribution in [0.5, 0.6) is 0 Å². The Morgan fingerprint density at radius 3 is 1.25 bits per heavy atom. The van der Waals surface area contributed by atoms with Gasteiger partial charge < -0.3 is 9.47 Å². The summed E-state index contributed by atoms with van der Waals surface area (Å²) in [5.41, 5.74) is 0. The maximum atomic E-state index is 12.3. The SMILES string of the molecule is FC(OC(F)(F)F)=C(F)OC(F)(F)C(F)(F)C(F)(F)F. The largest absolute Gasteiger partial charge is 0.574 e. The second-order valence-electron chi connectivity index (χ2n) is 2.79. The molecule has 0 unspecified atom stereocenters. The Morgan fingerprint density at radius 2 is 0.950 bits per heavy atom. The van der Waals surface area contributed by atoms with Gasteiger partial charge in [0.1, 0.15) is 0 Å². The molecular weight excluding hydrogens is 332 g/mol. The van der Waals surface area contributed by atoms with Crippen LogP contribution < -0.4 is 0 Å². The number of rotatable bonds is 4. The van der Waals surface area contributed by atoms with Crippen LogP contribution in [0.2, 0.25) is 0 Å². The molecule has 120 valence electrons. The van der Waals surface area contributed by atoms with E-state index in [-0.39, 0.29) is 0 Å². The third-order valence-electron chi connectivity index (χ3n) is 1.30. The minimum Gasteiger partial charge on any atom is -0.397 e. The lowest BCUT2D eigenvalue weighted by molar-refractivity contribution is -0.420. The molecule has 0 aliphatic carbocycles. The molecular formula is C6F12O2. The van der Waals surface area contributed by atoms with Crippen LogP contribution in [0, 0.1) is 0 Å². The zero-order valence-electron chi connectivity index (χ0n) is 8.35. The first-order valence-electron chi connectivity index (χ1n) is 3.83. The maximum absolute atomic E-state index is 12.3. The summed E-state index contributed by atoms with van der Waals surface area (Å²) in [4.78, 5) is 0. The van der Waals surface area contributed by atoms with Crippen LogP contribution in [0.1, 0.15) is 0 Å². The summed E-state index contributed by atoms with van der Waals surface area (Å²) in [5.74, 6) is -7.00. The highest BCUT2D eigenvalue weighted by Crippen LogP contribution is 2.48. The van der Waals surface area contributed by atoms with Crippen LogP contribution in [0.3, 0.4) is 0 Å². The van der Waals surface area contributed by atoms with Crippen LogP contribution in [0.15, 0.2) is 12.0 Å². The molecule has 0 spiro atoms. The molecule has 20 heavy (non-hydrogen) atoms. The highest BCUT2D eigenvalue weighted by Gasteiger charge is 2.76. The number of halogens is 12. The monoisotopic (exact) mass is 332 g/mol. The van der Waals surface area contributed by atoms with Crippen LogP contribution >= 0.6 is 0 Å². The van der Waals surface area contributed by atoms with Crippen molar-refractivity contribution in [2.45, 2.75) is 24.6 Å². The van der Waals surface area contributed by atoms with Crippen LogP contribution in [-0.2, 0) is 9.47 Å². The van der Waals surface area contributed by atoms with Crippen LogP contribution in [0.25, 0.3) is 0 Å². The molecule has 0 aromatic carbocycles. The van der Waals surface area contributed by atoms with Gasteiger partial charge in [-0.05, 0) is 0 Å². The van der Waals surface area contributed by atoms with Gasteiger partial charge in [0.15, 0.2) is 0 Å². The molecule has 0 saturated heterocycles. The summed E-state index contributed by atoms with van der Waals surface area (Å²) in [6.45, 7) is 0. The van der Waals surface area contributed by atoms with Crippen molar-refractivity contribution in [1.82, 2.24) is 0 Å². The second-order valence-corrected chi connectivity index (χ2v) is 2.79. The lowest BCUT2D eigenvalue weighted by Gasteiger charge is -2.26. The molecule has 0 aromatic heterocycles. The van der Waals surface area contributed by atoms with Gasteiger partial charge in [-0.2, -0.15) is 39.5 Å². The highest BCUT2D eigenvalue weighted by atomic mass is 19.4. The van der Waals surface area contributed by atoms with Gasteiger partial charge in [0.2, 0.25) is 0 Å². The van der Waals surface area contributed by atoms with Crippen molar-refractivity contribution in [3.05, 3.63) is 12.0 Å². The average molecular weight is 332 g/mol. The van der Waals surface area contributed by atoms with Crippen molar-refractivity contribution in [2.75, 3.05) is 0 Å². The first-order chi connectivity index (χ1) is 8.51. The second kappa shape index (κ2) is 5.12. The van der Waals surface area contributed by atoms with Crippen molar-refractivity contribution in [3.8, 4) is 0 Å². The summed E-state index contributed by atoms with van der Waals surface area (Å²) in [6.07, 6.45) is -19.6. The summed E-state index contributed by atoms with van der Waals surface area (Å²) in [6, 6.07) is -7.37. The molecule has 0 amide bonds. The fourth-order valence-corrected chi connectivity index (χ4v) is 0.523. The number of ether oxygens (including phenoxy) is 2. The Kier molecular flexibility index (Phi) is 4.74. The minimum atomic E-state index is -7.00. The van der Waals surface area contributed by atoms with E-state index in [1.54, 1.807) is 0 Å². The van der Waals surface area contributed by atoms with E-state index in [1.807, 2.05) is 9.47 Å². The molecule has 0 N–H and O–H groups in total. The average Bonchev–Trinajstić information content (AvgIpc) is 2.11. The van der Waals surface area contributed by atoms with Gasteiger partial charge in [-0.15, -0.1) is 13.2 Å². The third kappa shape index (κ3) is 4.26. The van der Waals surface area contributed by atoms with Crippen molar-refractivity contribution in [2.24, 2.45) is 0 Å². The maximum Gasteiger partial charge on any atom is 0.574 e. The first-order valence-corrected chi connectivity index (χ1v) is 3.83. The Balaban J connectivity index is 5.25. The third-order valence-corrected chi connectivity index (χ3v) is 1.30. The Morgan fingerprint density at radius 1 is 0.600 bits per heavy atom. The number of alkyl halides is 10. The summed E-state index contributed by atoms with van der Waals surface area (Å²) in [5, 5.41) is 0. The van der Waals surface area contributed by atoms with Gasteiger partial charge in [-0.3, -0.25) is 0 Å². The molecule has 0 rings (SSSR count). The van der Waals surface area contributed by atoms with Crippen molar-refractivity contribution in [3.63, 3.8) is 0 Å². The zero-order chi connectivity index (χ0) is 16.6. The molecule has 0 saturated carbocycles. The van der Waals surface area contributed by atoms with E-state index in [1.165, 1.54) is 0 Å². The Labute approximate surface area is 100 Å². The standard InChI is InChI=1S/C6F12O2/c7-1(2(8)20-6(16,17)18)19-5(14,15)3(9,10)4(11,12)13. The predicted molar refractivity (Wildman–Crippen MR) is 33.4 cm³/mol. The number of hydrogen-bond acceptors (Lipinski definition) is 2.